The van der Waals surface area contributed by atoms with Gasteiger partial charge in [0.15, 0.2) is 0 Å². The number of hydrogen-bond acceptors (Lipinski definition) is 4. The zero-order valence-corrected chi connectivity index (χ0v) is 14.3. The summed E-state index contributed by atoms with van der Waals surface area (Å²) in [5, 5.41) is 17.9. The Bertz CT molecular complexity index is 793. The Morgan fingerprint density at radius 2 is 2.04 bits per heavy atom. The zero-order chi connectivity index (χ0) is 18.0. The second-order valence-electron chi connectivity index (χ2n) is 6.33. The minimum Gasteiger partial charge on any atom is -0.324 e. The standard InChI is InChI=1S/C17H21N5O3/c1-12-11-14(22(24)25)3-4-15(12)19-17(23)21-9-6-13(7-10-21)16-5-8-18-20(16)2/h3-5,8,11,13H,6-7,9-10H2,1-2H3,(H,19,23). The van der Waals surface area contributed by atoms with Gasteiger partial charge in [-0.3, -0.25) is 14.8 Å². The minimum atomic E-state index is -0.443. The molecule has 1 aliphatic heterocycles. The molecule has 1 fully saturated rings. The normalized spacial score (nSPS) is 15.2. The SMILES string of the molecule is Cc1cc([N+](=O)[O-])ccc1NC(=O)N1CCC(c2ccnn2C)CC1. The molecule has 132 valence electrons. The number of likely N-dealkylation sites (tertiary alicyclic amines) is 1. The molecule has 0 aliphatic carbocycles. The van der Waals surface area contributed by atoms with Crippen LogP contribution in [0.15, 0.2) is 30.5 Å². The number of carbonyl (C=O) groups excluding carboxylic acids is 1. The molecule has 3 rings (SSSR count). The van der Waals surface area contributed by atoms with E-state index in [1.54, 1.807) is 24.1 Å². The van der Waals surface area contributed by atoms with E-state index in [0.717, 1.165) is 12.8 Å². The third kappa shape index (κ3) is 3.62. The second kappa shape index (κ2) is 6.92. The number of nitro benzene ring substituents is 1. The highest BCUT2D eigenvalue weighted by molar-refractivity contribution is 5.90. The van der Waals surface area contributed by atoms with Gasteiger partial charge in [-0.2, -0.15) is 5.10 Å². The smallest absolute Gasteiger partial charge is 0.321 e. The van der Waals surface area contributed by atoms with E-state index < -0.39 is 4.92 Å². The Balaban J connectivity index is 1.60. The molecule has 2 heterocycles. The van der Waals surface area contributed by atoms with Crippen LogP contribution in [0.1, 0.15) is 30.0 Å². The third-order valence-electron chi connectivity index (χ3n) is 4.72. The van der Waals surface area contributed by atoms with Gasteiger partial charge in [-0.05, 0) is 37.5 Å². The van der Waals surface area contributed by atoms with Gasteiger partial charge in [0.2, 0.25) is 0 Å². The van der Waals surface area contributed by atoms with Gasteiger partial charge in [-0.15, -0.1) is 0 Å². The molecule has 0 radical (unpaired) electrons. The van der Waals surface area contributed by atoms with Crippen LogP contribution in [0.4, 0.5) is 16.2 Å². The van der Waals surface area contributed by atoms with Crippen molar-refractivity contribution in [1.82, 2.24) is 14.7 Å². The van der Waals surface area contributed by atoms with Crippen molar-refractivity contribution < 1.29 is 9.72 Å². The molecular weight excluding hydrogens is 322 g/mol. The maximum Gasteiger partial charge on any atom is 0.321 e. The number of anilines is 1. The number of nitro groups is 1. The molecule has 0 unspecified atom stereocenters. The average Bonchev–Trinajstić information content (AvgIpc) is 3.02. The van der Waals surface area contributed by atoms with Crippen LogP contribution in [-0.2, 0) is 7.05 Å². The summed E-state index contributed by atoms with van der Waals surface area (Å²) in [4.78, 5) is 24.6. The molecule has 1 aliphatic rings. The van der Waals surface area contributed by atoms with Crippen molar-refractivity contribution in [2.24, 2.45) is 7.05 Å². The number of benzene rings is 1. The highest BCUT2D eigenvalue weighted by atomic mass is 16.6. The maximum atomic E-state index is 12.5. The Labute approximate surface area is 145 Å². The van der Waals surface area contributed by atoms with Crippen LogP contribution in [0, 0.1) is 17.0 Å². The molecular formula is C17H21N5O3. The van der Waals surface area contributed by atoms with Crippen molar-refractivity contribution in [2.75, 3.05) is 18.4 Å². The lowest BCUT2D eigenvalue weighted by Crippen LogP contribution is -2.40. The lowest BCUT2D eigenvalue weighted by molar-refractivity contribution is -0.384. The summed E-state index contributed by atoms with van der Waals surface area (Å²) in [6, 6.07) is 6.30. The Morgan fingerprint density at radius 3 is 2.60 bits per heavy atom. The number of aromatic nitrogens is 2. The average molecular weight is 343 g/mol. The fourth-order valence-corrected chi connectivity index (χ4v) is 3.26. The van der Waals surface area contributed by atoms with E-state index in [1.165, 1.54) is 17.8 Å². The number of non-ortho nitro benzene ring substituents is 1. The van der Waals surface area contributed by atoms with E-state index in [0.29, 0.717) is 30.3 Å². The number of aryl methyl sites for hydroxylation is 2. The Morgan fingerprint density at radius 1 is 1.32 bits per heavy atom. The molecule has 25 heavy (non-hydrogen) atoms. The molecule has 0 bridgehead atoms. The summed E-state index contributed by atoms with van der Waals surface area (Å²) in [5.41, 5.74) is 2.50. The molecule has 1 aromatic carbocycles. The summed E-state index contributed by atoms with van der Waals surface area (Å²) in [5.74, 6) is 0.415. The van der Waals surface area contributed by atoms with Crippen molar-refractivity contribution in [3.63, 3.8) is 0 Å². The number of urea groups is 1. The molecule has 8 nitrogen and oxygen atoms in total. The first-order chi connectivity index (χ1) is 12.0. The Hall–Kier alpha value is -2.90. The summed E-state index contributed by atoms with van der Waals surface area (Å²) in [7, 11) is 1.94. The van der Waals surface area contributed by atoms with Gasteiger partial charge in [-0.1, -0.05) is 0 Å². The largest absolute Gasteiger partial charge is 0.324 e. The molecule has 2 amide bonds. The molecule has 0 saturated carbocycles. The number of hydrogen-bond donors (Lipinski definition) is 1. The molecule has 0 atom stereocenters. The van der Waals surface area contributed by atoms with E-state index in [4.69, 9.17) is 0 Å². The molecule has 8 heteroatoms. The van der Waals surface area contributed by atoms with Gasteiger partial charge in [0.05, 0.1) is 4.92 Å². The number of nitrogens with one attached hydrogen (secondary N) is 1. The van der Waals surface area contributed by atoms with Gasteiger partial charge in [0, 0.05) is 55.8 Å². The van der Waals surface area contributed by atoms with Crippen LogP contribution >= 0.6 is 0 Å². The fourth-order valence-electron chi connectivity index (χ4n) is 3.26. The van der Waals surface area contributed by atoms with Crippen LogP contribution in [0.3, 0.4) is 0 Å². The maximum absolute atomic E-state index is 12.5. The van der Waals surface area contributed by atoms with Gasteiger partial charge in [0.25, 0.3) is 5.69 Å². The van der Waals surface area contributed by atoms with Crippen molar-refractivity contribution in [1.29, 1.82) is 0 Å². The first-order valence-corrected chi connectivity index (χ1v) is 8.24. The molecule has 1 N–H and O–H groups in total. The van der Waals surface area contributed by atoms with Gasteiger partial charge < -0.3 is 10.2 Å². The van der Waals surface area contributed by atoms with Crippen LogP contribution < -0.4 is 5.32 Å². The molecule has 0 spiro atoms. The Kier molecular flexibility index (Phi) is 4.69. The third-order valence-corrected chi connectivity index (χ3v) is 4.72. The van der Waals surface area contributed by atoms with Crippen molar-refractivity contribution in [3.05, 3.63) is 51.8 Å². The predicted octanol–water partition coefficient (Wildman–Crippen LogP) is 3.05. The molecule has 2 aromatic rings. The van der Waals surface area contributed by atoms with E-state index in [-0.39, 0.29) is 11.7 Å². The van der Waals surface area contributed by atoms with Crippen LogP contribution in [0.25, 0.3) is 0 Å². The van der Waals surface area contributed by atoms with E-state index >= 15 is 0 Å². The highest BCUT2D eigenvalue weighted by Gasteiger charge is 2.25. The quantitative estimate of drug-likeness (QED) is 0.684. The number of nitrogens with zero attached hydrogens (tertiary/aromatic N) is 4. The van der Waals surface area contributed by atoms with Crippen LogP contribution in [-0.4, -0.2) is 38.7 Å². The zero-order valence-electron chi connectivity index (χ0n) is 14.3. The van der Waals surface area contributed by atoms with Crippen molar-refractivity contribution in [3.8, 4) is 0 Å². The lowest BCUT2D eigenvalue weighted by atomic mass is 9.93. The topological polar surface area (TPSA) is 93.3 Å². The molecule has 1 saturated heterocycles. The number of piperidine rings is 1. The van der Waals surface area contributed by atoms with Crippen LogP contribution in [0.2, 0.25) is 0 Å². The number of rotatable bonds is 3. The van der Waals surface area contributed by atoms with E-state index in [9.17, 15) is 14.9 Å². The van der Waals surface area contributed by atoms with E-state index in [1.807, 2.05) is 17.8 Å². The first-order valence-electron chi connectivity index (χ1n) is 8.24. The lowest BCUT2D eigenvalue weighted by Gasteiger charge is -2.32. The number of amides is 2. The van der Waals surface area contributed by atoms with Gasteiger partial charge >= 0.3 is 6.03 Å². The summed E-state index contributed by atoms with van der Waals surface area (Å²) < 4.78 is 1.89. The fraction of sp³-hybridized carbons (Fsp3) is 0.412. The first kappa shape index (κ1) is 16.9. The van der Waals surface area contributed by atoms with Crippen molar-refractivity contribution in [2.45, 2.75) is 25.7 Å². The van der Waals surface area contributed by atoms with E-state index in [2.05, 4.69) is 10.4 Å². The highest BCUT2D eigenvalue weighted by Crippen LogP contribution is 2.28. The minimum absolute atomic E-state index is 0.0208. The predicted molar refractivity (Wildman–Crippen MR) is 93.6 cm³/mol. The summed E-state index contributed by atoms with van der Waals surface area (Å²) in [6.45, 7) is 3.10. The summed E-state index contributed by atoms with van der Waals surface area (Å²) in [6.07, 6.45) is 3.59. The number of carbonyl (C=O) groups is 1. The molecule has 1 aromatic heterocycles. The second-order valence-corrected chi connectivity index (χ2v) is 6.33. The van der Waals surface area contributed by atoms with Gasteiger partial charge in [0.1, 0.15) is 0 Å². The van der Waals surface area contributed by atoms with Crippen LogP contribution in [0.5, 0.6) is 0 Å². The van der Waals surface area contributed by atoms with Crippen molar-refractivity contribution >= 4 is 17.4 Å². The summed E-state index contributed by atoms with van der Waals surface area (Å²) >= 11 is 0. The van der Waals surface area contributed by atoms with Gasteiger partial charge in [-0.25, -0.2) is 4.79 Å². The monoisotopic (exact) mass is 343 g/mol.